The van der Waals surface area contributed by atoms with Crippen LogP contribution in [0.2, 0.25) is 0 Å². The number of aliphatic hydroxyl groups is 15. The second kappa shape index (κ2) is 27.8. The number of carboxylic acids is 3. The van der Waals surface area contributed by atoms with Crippen LogP contribution in [-0.4, -0.2) is 205 Å². The van der Waals surface area contributed by atoms with Crippen LogP contribution in [0.4, 0.5) is 0 Å². The van der Waals surface area contributed by atoms with Crippen molar-refractivity contribution in [2.45, 2.75) is 73.2 Å². The van der Waals surface area contributed by atoms with E-state index in [1.165, 1.54) is 0 Å². The first-order valence-electron chi connectivity index (χ1n) is 10.4. The van der Waals surface area contributed by atoms with Crippen LogP contribution < -0.4 is 15.3 Å². The number of carbonyl (C=O) groups is 3. The molecule has 0 saturated carbocycles. The zero-order chi connectivity index (χ0) is 31.8. The van der Waals surface area contributed by atoms with E-state index < -0.39 is 111 Å². The van der Waals surface area contributed by atoms with Crippen molar-refractivity contribution in [2.24, 2.45) is 0 Å². The Hall–Kier alpha value is -0.744. The molecule has 0 saturated heterocycles. The quantitative estimate of drug-likeness (QED) is 0.0700. The summed E-state index contributed by atoms with van der Waals surface area (Å²) in [6.45, 7) is -2.59. The normalized spacial score (nSPS) is 18.9. The van der Waals surface area contributed by atoms with E-state index in [0.29, 0.717) is 0 Å². The molecule has 12 atom stereocenters. The Kier molecular flexibility index (Phi) is 35.6. The van der Waals surface area contributed by atoms with Crippen molar-refractivity contribution in [3.05, 3.63) is 0 Å². The van der Waals surface area contributed by atoms with Crippen molar-refractivity contribution >= 4 is 47.7 Å². The van der Waals surface area contributed by atoms with Crippen LogP contribution in [0, 0.1) is 0 Å². The van der Waals surface area contributed by atoms with E-state index in [4.69, 9.17) is 76.6 Å². The van der Waals surface area contributed by atoms with Crippen LogP contribution in [0.3, 0.4) is 0 Å². The summed E-state index contributed by atoms with van der Waals surface area (Å²) in [5.74, 6) is -5.93. The van der Waals surface area contributed by atoms with Gasteiger partial charge in [0.25, 0.3) is 0 Å². The average Bonchev–Trinajstić information content (AvgIpc) is 2.92. The van der Waals surface area contributed by atoms with E-state index >= 15 is 0 Å². The van der Waals surface area contributed by atoms with Crippen molar-refractivity contribution in [3.63, 3.8) is 0 Å². The topological polar surface area (TPSA) is 424 Å². The minimum absolute atomic E-state index is 0. The summed E-state index contributed by atoms with van der Waals surface area (Å²) in [4.78, 5) is 29.9. The minimum Gasteiger partial charge on any atom is -0.547 e. The number of rotatable bonds is 15. The molecule has 0 bridgehead atoms. The molecule has 24 heteroatoms. The zero-order valence-electron chi connectivity index (χ0n) is 21.4. The molecule has 0 aliphatic carbocycles. The summed E-state index contributed by atoms with van der Waals surface area (Å²) in [5, 5.41) is 160. The maximum atomic E-state index is 9.98. The third-order valence-electron chi connectivity index (χ3n) is 4.49. The Morgan fingerprint density at radius 1 is 0.429 bits per heavy atom. The maximum Gasteiger partial charge on any atom is 3.00 e. The minimum atomic E-state index is -2.31. The van der Waals surface area contributed by atoms with Gasteiger partial charge in [-0.15, -0.1) is 12.4 Å². The number of hydrogen-bond acceptors (Lipinski definition) is 21. The summed E-state index contributed by atoms with van der Waals surface area (Å²) < 4.78 is 0. The predicted octanol–water partition coefficient (Wildman–Crippen LogP) is -14.4. The van der Waals surface area contributed by atoms with Crippen LogP contribution in [0.15, 0.2) is 0 Å². The van der Waals surface area contributed by atoms with E-state index in [-0.39, 0.29) is 49.2 Å². The molecule has 0 heterocycles. The third kappa shape index (κ3) is 20.3. The Morgan fingerprint density at radius 3 is 0.667 bits per heavy atom. The Morgan fingerprint density at radius 2 is 0.571 bits per heavy atom. The van der Waals surface area contributed by atoms with Crippen LogP contribution in [-0.2, 0) is 33.9 Å². The van der Waals surface area contributed by atoms with Crippen molar-refractivity contribution in [2.75, 3.05) is 19.8 Å². The van der Waals surface area contributed by atoms with E-state index in [0.717, 1.165) is 0 Å². The van der Waals surface area contributed by atoms with Gasteiger partial charge >= 0.3 is 17.4 Å². The molecule has 0 fully saturated rings. The van der Waals surface area contributed by atoms with E-state index in [1.807, 2.05) is 0 Å². The van der Waals surface area contributed by atoms with Crippen LogP contribution in [0.25, 0.3) is 0 Å². The van der Waals surface area contributed by atoms with Gasteiger partial charge in [0.1, 0.15) is 73.2 Å². The summed E-state index contributed by atoms with van der Waals surface area (Å²) in [6, 6.07) is 0. The fourth-order valence-electron chi connectivity index (χ4n) is 1.99. The first kappa shape index (κ1) is 53.8. The second-order valence-corrected chi connectivity index (χ2v) is 7.48. The standard InChI is InChI=1S/3C6H12O7.Al.ClH.Zn/c3*7-1-2(8)3(9)4(10)5(11)6(12)13;;;/h3*2-5,7-11H,1H2,(H,12,13);;1H;/q;;;+3;;/p-3/t3*2-,3-,4+,5-;;;/m111.../s1. The molecule has 0 aromatic rings. The fraction of sp³-hybridized carbons (Fsp3) is 0.833. The molecule has 0 aromatic heterocycles. The first-order valence-corrected chi connectivity index (χ1v) is 10.4. The number of aliphatic hydroxyl groups excluding tert-OH is 15. The van der Waals surface area contributed by atoms with Gasteiger partial charge in [-0.2, -0.15) is 0 Å². The van der Waals surface area contributed by atoms with Gasteiger partial charge in [0.2, 0.25) is 0 Å². The van der Waals surface area contributed by atoms with E-state index in [2.05, 4.69) is 0 Å². The van der Waals surface area contributed by atoms with Gasteiger partial charge in [0.15, 0.2) is 0 Å². The third-order valence-corrected chi connectivity index (χ3v) is 4.49. The van der Waals surface area contributed by atoms with Crippen molar-refractivity contribution in [3.8, 4) is 0 Å². The van der Waals surface area contributed by atoms with Gasteiger partial charge in [0, 0.05) is 19.5 Å². The first-order chi connectivity index (χ1) is 17.7. The summed E-state index contributed by atoms with van der Waals surface area (Å²) >= 11 is 0. The van der Waals surface area contributed by atoms with E-state index in [1.54, 1.807) is 0 Å². The Balaban J connectivity index is -0.000000112. The maximum absolute atomic E-state index is 9.98. The zero-order valence-corrected chi connectivity index (χ0v) is 26.3. The fourth-order valence-corrected chi connectivity index (χ4v) is 1.99. The molecule has 244 valence electrons. The molecule has 42 heavy (non-hydrogen) atoms. The van der Waals surface area contributed by atoms with Gasteiger partial charge in [-0.1, -0.05) is 0 Å². The number of halogens is 1. The molecule has 0 unspecified atom stereocenters. The largest absolute Gasteiger partial charge is 3.00 e. The Bertz CT molecular complexity index is 622. The summed E-state index contributed by atoms with van der Waals surface area (Å²) in [5.41, 5.74) is 0. The molecule has 0 aliphatic heterocycles. The summed E-state index contributed by atoms with van der Waals surface area (Å²) in [7, 11) is 0. The van der Waals surface area contributed by atoms with Crippen molar-refractivity contribution in [1.82, 2.24) is 0 Å². The molecular formula is C18H34AlClO21Zn. The molecule has 0 aromatic carbocycles. The molecule has 0 radical (unpaired) electrons. The van der Waals surface area contributed by atoms with Gasteiger partial charge in [0.05, 0.1) is 37.7 Å². The SMILES string of the molecule is Cl.O=C([O-])[C@H](O)[C@@H](O)[C@H](O)[C@H](O)CO.O=C([O-])[C@H](O)[C@@H](O)[C@H](O)[C@H](O)CO.O=C([O-])[C@H](O)[C@@H](O)[C@H](O)[C@H](O)CO.[Al+3].[Zn]. The summed E-state index contributed by atoms with van der Waals surface area (Å²) in [6.07, 6.45) is -24.2. The molecule has 0 rings (SSSR count). The monoisotopic (exact) mass is 712 g/mol. The predicted molar refractivity (Wildman–Crippen MR) is 121 cm³/mol. The van der Waals surface area contributed by atoms with Crippen molar-refractivity contribution in [1.29, 1.82) is 0 Å². The number of carbonyl (C=O) groups excluding carboxylic acids is 3. The molecule has 15 N–H and O–H groups in total. The number of aliphatic carboxylic acids is 3. The van der Waals surface area contributed by atoms with Crippen LogP contribution >= 0.6 is 12.4 Å². The molecule has 21 nitrogen and oxygen atoms in total. The smallest absolute Gasteiger partial charge is 0.547 e. The molecule has 0 aliphatic rings. The van der Waals surface area contributed by atoms with Gasteiger partial charge < -0.3 is 106 Å². The van der Waals surface area contributed by atoms with Crippen molar-refractivity contribution < 1.29 is 126 Å². The molecular weight excluding hydrogens is 680 g/mol. The average molecular weight is 714 g/mol. The van der Waals surface area contributed by atoms with Gasteiger partial charge in [-0.25, -0.2) is 0 Å². The van der Waals surface area contributed by atoms with E-state index in [9.17, 15) is 29.7 Å². The van der Waals surface area contributed by atoms with Crippen LogP contribution in [0.1, 0.15) is 0 Å². The Labute approximate surface area is 266 Å². The second-order valence-electron chi connectivity index (χ2n) is 7.48. The van der Waals surface area contributed by atoms with Gasteiger partial charge in [-0.05, 0) is 0 Å². The molecule has 0 amide bonds. The number of hydrogen-bond donors (Lipinski definition) is 15. The van der Waals surface area contributed by atoms with Crippen LogP contribution in [0.5, 0.6) is 0 Å². The molecule has 0 spiro atoms. The number of carboxylic acid groups (broad SMARTS) is 3. The van der Waals surface area contributed by atoms with Gasteiger partial charge in [-0.3, -0.25) is 0 Å².